The molecular formula is C45H48N2O9. The molecule has 1 saturated heterocycles. The van der Waals surface area contributed by atoms with Gasteiger partial charge in [-0.2, -0.15) is 0 Å². The van der Waals surface area contributed by atoms with E-state index in [0.29, 0.717) is 51.8 Å². The molecule has 11 nitrogen and oxygen atoms in total. The van der Waals surface area contributed by atoms with E-state index >= 15 is 0 Å². The average molecular weight is 761 g/mol. The summed E-state index contributed by atoms with van der Waals surface area (Å²) in [5.74, 6) is -0.653. The molecule has 1 atom stereocenters. The van der Waals surface area contributed by atoms with E-state index < -0.39 is 29.7 Å². The molecule has 0 aromatic heterocycles. The molecule has 0 spiro atoms. The first-order chi connectivity index (χ1) is 27.3. The minimum absolute atomic E-state index is 0.0716. The third kappa shape index (κ3) is 10.1. The van der Waals surface area contributed by atoms with Crippen molar-refractivity contribution in [3.8, 4) is 17.2 Å². The second-order valence-electron chi connectivity index (χ2n) is 13.6. The van der Waals surface area contributed by atoms with Crippen LogP contribution in [-0.2, 0) is 19.1 Å². The highest BCUT2D eigenvalue weighted by Gasteiger charge is 2.44. The lowest BCUT2D eigenvalue weighted by Crippen LogP contribution is -2.54. The van der Waals surface area contributed by atoms with Gasteiger partial charge < -0.3 is 24.1 Å². The summed E-state index contributed by atoms with van der Waals surface area (Å²) in [6.07, 6.45) is 4.21. The van der Waals surface area contributed by atoms with Crippen LogP contribution in [0.3, 0.4) is 0 Å². The highest BCUT2D eigenvalue weighted by molar-refractivity contribution is 6.23. The van der Waals surface area contributed by atoms with E-state index in [1.54, 1.807) is 18.2 Å². The number of aromatic hydroxyl groups is 1. The third-order valence-electron chi connectivity index (χ3n) is 9.72. The number of phenolic OH excluding ortho intramolecular Hbond substituents is 1. The lowest BCUT2D eigenvalue weighted by molar-refractivity contribution is -0.136. The smallest absolute Gasteiger partial charge is 0.262 e. The van der Waals surface area contributed by atoms with Crippen molar-refractivity contribution in [1.29, 1.82) is 0 Å². The molecule has 292 valence electrons. The second kappa shape index (κ2) is 19.7. The van der Waals surface area contributed by atoms with Crippen molar-refractivity contribution >= 4 is 34.8 Å². The maximum atomic E-state index is 13.0. The van der Waals surface area contributed by atoms with Crippen LogP contribution in [-0.4, -0.2) is 79.3 Å². The van der Waals surface area contributed by atoms with Crippen molar-refractivity contribution in [2.75, 3.05) is 39.6 Å². The number of phenols is 1. The summed E-state index contributed by atoms with van der Waals surface area (Å²) in [5, 5.41) is 12.1. The van der Waals surface area contributed by atoms with Crippen LogP contribution in [0.2, 0.25) is 0 Å². The van der Waals surface area contributed by atoms with E-state index in [2.05, 4.69) is 48.6 Å². The van der Waals surface area contributed by atoms with E-state index in [9.17, 15) is 24.3 Å². The summed E-state index contributed by atoms with van der Waals surface area (Å²) < 4.78 is 23.3. The second-order valence-corrected chi connectivity index (χ2v) is 13.6. The van der Waals surface area contributed by atoms with Crippen LogP contribution in [0.4, 0.5) is 0 Å². The first-order valence-electron chi connectivity index (χ1n) is 19.3. The zero-order valence-corrected chi connectivity index (χ0v) is 31.7. The lowest BCUT2D eigenvalue weighted by atomic mass is 9.88. The van der Waals surface area contributed by atoms with Gasteiger partial charge in [-0.05, 0) is 102 Å². The number of allylic oxidation sites excluding steroid dienone is 1. The molecule has 6 rings (SSSR count). The Labute approximate surface area is 327 Å². The zero-order valence-electron chi connectivity index (χ0n) is 31.7. The Balaban J connectivity index is 0.827. The monoisotopic (exact) mass is 760 g/mol. The van der Waals surface area contributed by atoms with Gasteiger partial charge in [-0.1, -0.05) is 61.5 Å². The highest BCUT2D eigenvalue weighted by Crippen LogP contribution is 2.36. The van der Waals surface area contributed by atoms with Crippen LogP contribution in [0, 0.1) is 0 Å². The van der Waals surface area contributed by atoms with E-state index in [-0.39, 0.29) is 29.7 Å². The molecule has 0 bridgehead atoms. The lowest BCUT2D eigenvalue weighted by Gasteiger charge is -2.27. The summed E-state index contributed by atoms with van der Waals surface area (Å²) >= 11 is 0. The van der Waals surface area contributed by atoms with Crippen LogP contribution in [0.5, 0.6) is 17.2 Å². The number of carbonyl (C=O) groups excluding carboxylic acids is 4. The normalized spacial score (nSPS) is 15.7. The van der Waals surface area contributed by atoms with E-state index in [0.717, 1.165) is 53.0 Å². The fourth-order valence-electron chi connectivity index (χ4n) is 6.88. The first-order valence-corrected chi connectivity index (χ1v) is 19.3. The molecule has 1 unspecified atom stereocenters. The topological polar surface area (TPSA) is 141 Å². The Hall–Kier alpha value is -5.78. The van der Waals surface area contributed by atoms with Gasteiger partial charge in [0, 0.05) is 39.3 Å². The summed E-state index contributed by atoms with van der Waals surface area (Å²) in [4.78, 5) is 50.5. The maximum Gasteiger partial charge on any atom is 0.262 e. The van der Waals surface area contributed by atoms with E-state index in [1.165, 1.54) is 23.3 Å². The van der Waals surface area contributed by atoms with Crippen molar-refractivity contribution in [3.05, 3.63) is 125 Å². The van der Waals surface area contributed by atoms with Gasteiger partial charge in [0.2, 0.25) is 11.8 Å². The summed E-state index contributed by atoms with van der Waals surface area (Å²) in [7, 11) is 0. The van der Waals surface area contributed by atoms with Gasteiger partial charge in [-0.15, -0.1) is 0 Å². The number of hydrogen-bond donors (Lipinski definition) is 2. The summed E-state index contributed by atoms with van der Waals surface area (Å²) in [6, 6.07) is 29.6. The van der Waals surface area contributed by atoms with E-state index in [4.69, 9.17) is 18.9 Å². The standard InChI is InChI=1S/C45H48N2O9/c1-2-37(31-10-4-3-5-11-31)42(32-12-16-34(48)17-13-32)33-14-18-35(19-15-33)55-28-7-6-24-53-25-8-26-54-27-9-29-56-36-20-21-38-39(30-36)45(52)47(44(38)51)40-22-23-41(49)46-43(40)50/h3-5,10-21,30,40,48H,2,6-9,22-29H2,1H3,(H,46,49,50)/b42-37-. The van der Waals surface area contributed by atoms with Crippen LogP contribution >= 0.6 is 0 Å². The molecule has 4 amide bonds. The van der Waals surface area contributed by atoms with Crippen LogP contribution in [0.25, 0.3) is 11.1 Å². The first kappa shape index (κ1) is 39.9. The minimum Gasteiger partial charge on any atom is -0.508 e. The van der Waals surface area contributed by atoms with Gasteiger partial charge in [0.1, 0.15) is 23.3 Å². The molecule has 2 aliphatic heterocycles. The Morgan fingerprint density at radius 3 is 1.91 bits per heavy atom. The van der Waals surface area contributed by atoms with Crippen LogP contribution < -0.4 is 14.8 Å². The van der Waals surface area contributed by atoms with Gasteiger partial charge in [-0.3, -0.25) is 29.4 Å². The number of ether oxygens (including phenoxy) is 4. The molecule has 11 heteroatoms. The molecule has 2 aliphatic rings. The number of amides is 4. The minimum atomic E-state index is -1.00. The molecule has 0 aliphatic carbocycles. The number of imide groups is 2. The SMILES string of the molecule is CC/C(=C(\c1ccc(O)cc1)c1ccc(OCCCCOCCCOCCCOc2ccc3c(c2)C(=O)N(C2CCC(=O)NC2=O)C3=O)cc1)c1ccccc1. The van der Waals surface area contributed by atoms with Crippen molar-refractivity contribution in [2.24, 2.45) is 0 Å². The Morgan fingerprint density at radius 1 is 0.661 bits per heavy atom. The predicted molar refractivity (Wildman–Crippen MR) is 211 cm³/mol. The summed E-state index contributed by atoms with van der Waals surface area (Å²) in [6.45, 7) is 5.46. The number of piperidine rings is 1. The number of hydrogen-bond acceptors (Lipinski definition) is 9. The van der Waals surface area contributed by atoms with Crippen LogP contribution in [0.1, 0.15) is 89.3 Å². The zero-order chi connectivity index (χ0) is 39.3. The molecule has 2 heterocycles. The Morgan fingerprint density at radius 2 is 1.23 bits per heavy atom. The number of unbranched alkanes of at least 4 members (excludes halogenated alkanes) is 1. The Bertz CT molecular complexity index is 2010. The highest BCUT2D eigenvalue weighted by atomic mass is 16.5. The van der Waals surface area contributed by atoms with Gasteiger partial charge in [0.05, 0.1) is 24.3 Å². The van der Waals surface area contributed by atoms with Crippen LogP contribution in [0.15, 0.2) is 97.1 Å². The van der Waals surface area contributed by atoms with Gasteiger partial charge >= 0.3 is 0 Å². The number of carbonyl (C=O) groups is 4. The molecule has 56 heavy (non-hydrogen) atoms. The van der Waals surface area contributed by atoms with Gasteiger partial charge in [0.25, 0.3) is 11.8 Å². The largest absolute Gasteiger partial charge is 0.508 e. The third-order valence-corrected chi connectivity index (χ3v) is 9.72. The average Bonchev–Trinajstić information content (AvgIpc) is 3.46. The molecule has 4 aromatic carbocycles. The van der Waals surface area contributed by atoms with Gasteiger partial charge in [0.15, 0.2) is 0 Å². The fraction of sp³-hybridized carbons (Fsp3) is 0.333. The van der Waals surface area contributed by atoms with Crippen molar-refractivity contribution < 1.29 is 43.2 Å². The number of nitrogens with one attached hydrogen (secondary N) is 1. The number of fused-ring (bicyclic) bond motifs is 1. The molecular weight excluding hydrogens is 712 g/mol. The quantitative estimate of drug-likeness (QED) is 0.0543. The molecule has 4 aromatic rings. The van der Waals surface area contributed by atoms with Crippen molar-refractivity contribution in [2.45, 2.75) is 57.9 Å². The Kier molecular flexibility index (Phi) is 14.0. The molecule has 0 saturated carbocycles. The number of nitrogens with zero attached hydrogens (tertiary/aromatic N) is 1. The van der Waals surface area contributed by atoms with Crippen molar-refractivity contribution in [3.63, 3.8) is 0 Å². The number of rotatable bonds is 20. The van der Waals surface area contributed by atoms with Gasteiger partial charge in [-0.25, -0.2) is 0 Å². The summed E-state index contributed by atoms with van der Waals surface area (Å²) in [5.41, 5.74) is 6.08. The molecule has 2 N–H and O–H groups in total. The van der Waals surface area contributed by atoms with Crippen molar-refractivity contribution in [1.82, 2.24) is 10.2 Å². The predicted octanol–water partition coefficient (Wildman–Crippen LogP) is 7.21. The molecule has 0 radical (unpaired) electrons. The number of benzene rings is 4. The molecule has 1 fully saturated rings. The van der Waals surface area contributed by atoms with E-state index in [1.807, 2.05) is 30.3 Å². The maximum absolute atomic E-state index is 13.0. The fourth-order valence-corrected chi connectivity index (χ4v) is 6.88.